The van der Waals surface area contributed by atoms with Gasteiger partial charge in [-0.2, -0.15) is 4.98 Å². The zero-order valence-corrected chi connectivity index (χ0v) is 14.9. The maximum Gasteiger partial charge on any atom is 0.251 e. The molecular formula is C17H20ClN3O4. The van der Waals surface area contributed by atoms with E-state index < -0.39 is 0 Å². The molecule has 0 unspecified atom stereocenters. The van der Waals surface area contributed by atoms with Crippen molar-refractivity contribution >= 4 is 17.5 Å². The minimum absolute atomic E-state index is 0.114. The molecule has 2 aromatic rings. The van der Waals surface area contributed by atoms with Gasteiger partial charge in [-0.25, -0.2) is 0 Å². The van der Waals surface area contributed by atoms with Crippen LogP contribution in [0.2, 0.25) is 5.02 Å². The molecule has 0 saturated heterocycles. The van der Waals surface area contributed by atoms with Gasteiger partial charge >= 0.3 is 0 Å². The van der Waals surface area contributed by atoms with Crippen molar-refractivity contribution in [2.24, 2.45) is 5.92 Å². The third-order valence-electron chi connectivity index (χ3n) is 3.64. The molecule has 0 fully saturated rings. The standard InChI is InChI=1S/C17H20ClN3O4/c1-10(2)6-14-20-15(25-21-14)4-3-5-19-17(22)11-7-12(18)16-13(8-11)23-9-24-16/h7-8,10H,3-6,9H2,1-2H3,(H,19,22). The molecule has 1 aliphatic heterocycles. The number of hydrogen-bond donors (Lipinski definition) is 1. The van der Waals surface area contributed by atoms with Gasteiger partial charge in [-0.1, -0.05) is 30.6 Å². The average molecular weight is 366 g/mol. The molecule has 7 nitrogen and oxygen atoms in total. The van der Waals surface area contributed by atoms with E-state index in [0.717, 1.165) is 12.2 Å². The van der Waals surface area contributed by atoms with Crippen molar-refractivity contribution in [2.45, 2.75) is 33.1 Å². The Morgan fingerprint density at radius 1 is 1.36 bits per heavy atom. The van der Waals surface area contributed by atoms with Crippen molar-refractivity contribution < 1.29 is 18.8 Å². The van der Waals surface area contributed by atoms with Crippen molar-refractivity contribution in [2.75, 3.05) is 13.3 Å². The van der Waals surface area contributed by atoms with Crippen molar-refractivity contribution in [1.29, 1.82) is 0 Å². The lowest BCUT2D eigenvalue weighted by Crippen LogP contribution is -2.24. The van der Waals surface area contributed by atoms with Gasteiger partial charge in [0.25, 0.3) is 5.91 Å². The second kappa shape index (κ2) is 7.74. The number of aromatic nitrogens is 2. The predicted molar refractivity (Wildman–Crippen MR) is 91.1 cm³/mol. The number of carbonyl (C=O) groups is 1. The van der Waals surface area contributed by atoms with Crippen LogP contribution in [-0.4, -0.2) is 29.4 Å². The summed E-state index contributed by atoms with van der Waals surface area (Å²) in [5, 5.41) is 7.15. The van der Waals surface area contributed by atoms with E-state index in [1.165, 1.54) is 0 Å². The van der Waals surface area contributed by atoms with Crippen LogP contribution >= 0.6 is 11.6 Å². The van der Waals surface area contributed by atoms with Crippen molar-refractivity contribution in [3.63, 3.8) is 0 Å². The topological polar surface area (TPSA) is 86.5 Å². The van der Waals surface area contributed by atoms with E-state index in [9.17, 15) is 4.79 Å². The van der Waals surface area contributed by atoms with Crippen molar-refractivity contribution in [1.82, 2.24) is 15.5 Å². The van der Waals surface area contributed by atoms with Crippen LogP contribution in [0, 0.1) is 5.92 Å². The number of carbonyl (C=O) groups excluding carboxylic acids is 1. The fraction of sp³-hybridized carbons (Fsp3) is 0.471. The molecule has 1 N–H and O–H groups in total. The highest BCUT2D eigenvalue weighted by Crippen LogP contribution is 2.39. The Kier molecular flexibility index (Phi) is 5.43. The summed E-state index contributed by atoms with van der Waals surface area (Å²) in [7, 11) is 0. The molecular weight excluding hydrogens is 346 g/mol. The van der Waals surface area contributed by atoms with Crippen LogP contribution in [0.25, 0.3) is 0 Å². The van der Waals surface area contributed by atoms with Gasteiger partial charge in [0.15, 0.2) is 17.3 Å². The Morgan fingerprint density at radius 3 is 3.00 bits per heavy atom. The van der Waals surface area contributed by atoms with E-state index in [2.05, 4.69) is 29.3 Å². The Balaban J connectivity index is 1.47. The van der Waals surface area contributed by atoms with Gasteiger partial charge in [-0.3, -0.25) is 4.79 Å². The second-order valence-corrected chi connectivity index (χ2v) is 6.66. The van der Waals surface area contributed by atoms with Crippen LogP contribution in [-0.2, 0) is 12.8 Å². The summed E-state index contributed by atoms with van der Waals surface area (Å²) in [6.45, 7) is 4.82. The third-order valence-corrected chi connectivity index (χ3v) is 3.92. The molecule has 0 aliphatic carbocycles. The largest absolute Gasteiger partial charge is 0.454 e. The molecule has 1 amide bonds. The molecule has 8 heteroatoms. The Labute approximate surface area is 150 Å². The first-order valence-electron chi connectivity index (χ1n) is 8.21. The van der Waals surface area contributed by atoms with Crippen molar-refractivity contribution in [3.8, 4) is 11.5 Å². The van der Waals surface area contributed by atoms with Gasteiger partial charge in [0.05, 0.1) is 5.02 Å². The quantitative estimate of drug-likeness (QED) is 0.759. The SMILES string of the molecule is CC(C)Cc1noc(CCCNC(=O)c2cc(Cl)c3c(c2)OCO3)n1. The lowest BCUT2D eigenvalue weighted by Gasteiger charge is -2.06. The number of fused-ring (bicyclic) bond motifs is 1. The first-order valence-corrected chi connectivity index (χ1v) is 8.59. The Bertz CT molecular complexity index is 760. The summed E-state index contributed by atoms with van der Waals surface area (Å²) in [5.74, 6) is 2.55. The molecule has 25 heavy (non-hydrogen) atoms. The second-order valence-electron chi connectivity index (χ2n) is 6.25. The van der Waals surface area contributed by atoms with Crippen LogP contribution in [0.1, 0.15) is 42.3 Å². The maximum atomic E-state index is 12.2. The molecule has 0 atom stereocenters. The zero-order chi connectivity index (χ0) is 17.8. The molecule has 1 aliphatic rings. The number of ether oxygens (including phenoxy) is 2. The normalized spacial score (nSPS) is 12.6. The van der Waals surface area contributed by atoms with E-state index >= 15 is 0 Å². The van der Waals surface area contributed by atoms with E-state index in [4.69, 9.17) is 25.6 Å². The fourth-order valence-corrected chi connectivity index (χ4v) is 2.75. The summed E-state index contributed by atoms with van der Waals surface area (Å²) in [4.78, 5) is 16.6. The molecule has 0 bridgehead atoms. The first kappa shape index (κ1) is 17.5. The Morgan fingerprint density at radius 2 is 2.20 bits per heavy atom. The number of amides is 1. The number of nitrogens with zero attached hydrogens (tertiary/aromatic N) is 2. The maximum absolute atomic E-state index is 12.2. The summed E-state index contributed by atoms with van der Waals surface area (Å²) in [6, 6.07) is 3.19. The molecule has 1 aromatic carbocycles. The number of nitrogens with one attached hydrogen (secondary N) is 1. The zero-order valence-electron chi connectivity index (χ0n) is 14.2. The Hall–Kier alpha value is -2.28. The molecule has 0 radical (unpaired) electrons. The smallest absolute Gasteiger partial charge is 0.251 e. The van der Waals surface area contributed by atoms with Crippen LogP contribution in [0.3, 0.4) is 0 Å². The number of aryl methyl sites for hydroxylation is 1. The molecule has 3 rings (SSSR count). The summed E-state index contributed by atoms with van der Waals surface area (Å²) in [5.41, 5.74) is 0.436. The fourth-order valence-electron chi connectivity index (χ4n) is 2.48. The monoisotopic (exact) mass is 365 g/mol. The number of hydrogen-bond acceptors (Lipinski definition) is 6. The van der Waals surface area contributed by atoms with Crippen LogP contribution in [0.15, 0.2) is 16.7 Å². The highest BCUT2D eigenvalue weighted by molar-refractivity contribution is 6.32. The molecule has 134 valence electrons. The van der Waals surface area contributed by atoms with E-state index in [1.54, 1.807) is 12.1 Å². The van der Waals surface area contributed by atoms with Crippen molar-refractivity contribution in [3.05, 3.63) is 34.4 Å². The minimum Gasteiger partial charge on any atom is -0.454 e. The van der Waals surface area contributed by atoms with E-state index in [1.807, 2.05) is 0 Å². The third kappa shape index (κ3) is 4.42. The number of rotatable bonds is 7. The van der Waals surface area contributed by atoms with E-state index in [-0.39, 0.29) is 12.7 Å². The summed E-state index contributed by atoms with van der Waals surface area (Å²) >= 11 is 6.09. The van der Waals surface area contributed by atoms with E-state index in [0.29, 0.717) is 53.3 Å². The van der Waals surface area contributed by atoms with Gasteiger partial charge < -0.3 is 19.3 Å². The van der Waals surface area contributed by atoms with Gasteiger partial charge in [-0.05, 0) is 24.5 Å². The van der Waals surface area contributed by atoms with Crippen LogP contribution in [0.5, 0.6) is 11.5 Å². The first-order chi connectivity index (χ1) is 12.0. The summed E-state index contributed by atoms with van der Waals surface area (Å²) < 4.78 is 15.7. The van der Waals surface area contributed by atoms with Gasteiger partial charge in [0.2, 0.25) is 12.7 Å². The highest BCUT2D eigenvalue weighted by atomic mass is 35.5. The minimum atomic E-state index is -0.216. The van der Waals surface area contributed by atoms with Gasteiger partial charge in [-0.15, -0.1) is 0 Å². The lowest BCUT2D eigenvalue weighted by atomic mass is 10.1. The van der Waals surface area contributed by atoms with Crippen LogP contribution in [0.4, 0.5) is 0 Å². The van der Waals surface area contributed by atoms with Gasteiger partial charge in [0.1, 0.15) is 0 Å². The van der Waals surface area contributed by atoms with Gasteiger partial charge in [0, 0.05) is 24.9 Å². The lowest BCUT2D eigenvalue weighted by molar-refractivity contribution is 0.0952. The molecule has 2 heterocycles. The average Bonchev–Trinajstić information content (AvgIpc) is 3.20. The molecule has 0 saturated carbocycles. The van der Waals surface area contributed by atoms with Crippen LogP contribution < -0.4 is 14.8 Å². The number of benzene rings is 1. The molecule has 1 aromatic heterocycles. The highest BCUT2D eigenvalue weighted by Gasteiger charge is 2.20. The molecule has 0 spiro atoms. The predicted octanol–water partition coefficient (Wildman–Crippen LogP) is 3.01. The summed E-state index contributed by atoms with van der Waals surface area (Å²) in [6.07, 6.45) is 2.12. The number of halogens is 1.